The predicted molar refractivity (Wildman–Crippen MR) is 123 cm³/mol. The fourth-order valence-corrected chi connectivity index (χ4v) is 6.67. The van der Waals surface area contributed by atoms with Crippen molar-refractivity contribution in [3.63, 3.8) is 0 Å². The van der Waals surface area contributed by atoms with Gasteiger partial charge in [-0.05, 0) is 18.8 Å². The first-order valence-corrected chi connectivity index (χ1v) is 13.2. The third-order valence-corrected chi connectivity index (χ3v) is 8.19. The van der Waals surface area contributed by atoms with E-state index in [0.717, 1.165) is 31.4 Å². The molecule has 0 spiro atoms. The Balaban J connectivity index is 1.21. The number of anilines is 3. The Hall–Kier alpha value is -1.99. The lowest BCUT2D eigenvalue weighted by Crippen LogP contribution is -2.46. The molecule has 3 N–H and O–H groups in total. The minimum absolute atomic E-state index is 0.172. The van der Waals surface area contributed by atoms with Gasteiger partial charge in [0.15, 0.2) is 5.82 Å². The quantitative estimate of drug-likeness (QED) is 0.498. The Labute approximate surface area is 197 Å². The van der Waals surface area contributed by atoms with E-state index in [0.29, 0.717) is 23.4 Å². The van der Waals surface area contributed by atoms with Gasteiger partial charge in [0, 0.05) is 13.2 Å². The summed E-state index contributed by atoms with van der Waals surface area (Å²) in [6.45, 7) is 0.616. The van der Waals surface area contributed by atoms with Gasteiger partial charge in [0.2, 0.25) is 16.0 Å². The summed E-state index contributed by atoms with van der Waals surface area (Å²) in [5.41, 5.74) is 0.752. The molecule has 11 nitrogen and oxygen atoms in total. The van der Waals surface area contributed by atoms with E-state index in [1.54, 1.807) is 17.1 Å². The number of hydrogen-bond donors (Lipinski definition) is 3. The van der Waals surface area contributed by atoms with Crippen LogP contribution in [-0.4, -0.2) is 71.4 Å². The number of rotatable bonds is 8. The molecule has 33 heavy (non-hydrogen) atoms. The number of fused-ring (bicyclic) bond motifs is 1. The molecular weight excluding hydrogens is 470 g/mol. The zero-order valence-electron chi connectivity index (χ0n) is 18.3. The second kappa shape index (κ2) is 9.34. The Bertz CT molecular complexity index is 1090. The van der Waals surface area contributed by atoms with Crippen molar-refractivity contribution in [1.29, 1.82) is 0 Å². The van der Waals surface area contributed by atoms with Crippen LogP contribution in [0, 0.1) is 5.92 Å². The highest BCUT2D eigenvalue weighted by Crippen LogP contribution is 2.32. The van der Waals surface area contributed by atoms with Crippen molar-refractivity contribution in [2.45, 2.75) is 50.0 Å². The molecule has 13 heteroatoms. The Morgan fingerprint density at radius 1 is 1.15 bits per heavy atom. The molecule has 2 aromatic heterocycles. The second-order valence-electron chi connectivity index (χ2n) is 8.92. The summed E-state index contributed by atoms with van der Waals surface area (Å²) in [4.78, 5) is 8.67. The minimum atomic E-state index is -3.39. The van der Waals surface area contributed by atoms with Crippen LogP contribution in [0.3, 0.4) is 0 Å². The number of nitrogens with one attached hydrogen (secondary N) is 3. The summed E-state index contributed by atoms with van der Waals surface area (Å²) in [7, 11) is -1.57. The van der Waals surface area contributed by atoms with Gasteiger partial charge in [-0.3, -0.25) is 4.68 Å². The van der Waals surface area contributed by atoms with Gasteiger partial charge in [-0.15, -0.1) is 0 Å². The largest absolute Gasteiger partial charge is 0.371 e. The average molecular weight is 498 g/mol. The second-order valence-corrected chi connectivity index (χ2v) is 11.1. The predicted octanol–water partition coefficient (Wildman–Crippen LogP) is 1.66. The maximum absolute atomic E-state index is 12.7. The lowest BCUT2D eigenvalue weighted by Gasteiger charge is -2.20. The van der Waals surface area contributed by atoms with Crippen LogP contribution < -0.4 is 15.4 Å². The number of aromatic nitrogens is 4. The van der Waals surface area contributed by atoms with E-state index in [9.17, 15) is 8.42 Å². The highest BCUT2D eigenvalue weighted by Gasteiger charge is 2.49. The van der Waals surface area contributed by atoms with E-state index in [1.165, 1.54) is 6.20 Å². The summed E-state index contributed by atoms with van der Waals surface area (Å²) in [5, 5.41) is 10.8. The third-order valence-electron chi connectivity index (χ3n) is 6.34. The van der Waals surface area contributed by atoms with Gasteiger partial charge in [-0.2, -0.15) is 10.1 Å². The zero-order chi connectivity index (χ0) is 23.0. The molecule has 0 aromatic carbocycles. The lowest BCUT2D eigenvalue weighted by atomic mass is 10.1. The summed E-state index contributed by atoms with van der Waals surface area (Å²) >= 11 is 6.32. The molecule has 1 saturated carbocycles. The van der Waals surface area contributed by atoms with E-state index in [4.69, 9.17) is 21.1 Å². The van der Waals surface area contributed by atoms with Crippen molar-refractivity contribution >= 4 is 39.1 Å². The molecule has 5 rings (SSSR count). The van der Waals surface area contributed by atoms with Gasteiger partial charge in [0.05, 0.1) is 49.1 Å². The highest BCUT2D eigenvalue weighted by molar-refractivity contribution is 7.89. The fraction of sp³-hybridized carbons (Fsp3) is 0.650. The number of nitrogens with zero attached hydrogens (tertiary/aromatic N) is 4. The summed E-state index contributed by atoms with van der Waals surface area (Å²) < 4.78 is 41.6. The van der Waals surface area contributed by atoms with Crippen molar-refractivity contribution < 1.29 is 17.9 Å². The fourth-order valence-electron chi connectivity index (χ4n) is 4.81. The maximum Gasteiger partial charge on any atom is 0.229 e. The van der Waals surface area contributed by atoms with Crippen LogP contribution in [0.2, 0.25) is 5.02 Å². The minimum Gasteiger partial charge on any atom is -0.371 e. The first-order chi connectivity index (χ1) is 15.9. The Kier molecular flexibility index (Phi) is 6.45. The van der Waals surface area contributed by atoms with E-state index < -0.39 is 16.1 Å². The highest BCUT2D eigenvalue weighted by atomic mass is 35.5. The van der Waals surface area contributed by atoms with Gasteiger partial charge in [0.1, 0.15) is 17.2 Å². The van der Waals surface area contributed by atoms with E-state index >= 15 is 0 Å². The molecular formula is C20H28ClN7O4S. The number of ether oxygens (including phenoxy) is 2. The molecule has 2 aliphatic heterocycles. The van der Waals surface area contributed by atoms with Gasteiger partial charge in [-0.1, -0.05) is 24.4 Å². The van der Waals surface area contributed by atoms with E-state index in [2.05, 4.69) is 30.4 Å². The van der Waals surface area contributed by atoms with Crippen LogP contribution >= 0.6 is 11.6 Å². The number of hydrogen-bond acceptors (Lipinski definition) is 9. The van der Waals surface area contributed by atoms with Gasteiger partial charge < -0.3 is 20.1 Å². The monoisotopic (exact) mass is 497 g/mol. The van der Waals surface area contributed by atoms with E-state index in [-0.39, 0.29) is 36.5 Å². The molecule has 3 aliphatic rings. The molecule has 1 aliphatic carbocycles. The smallest absolute Gasteiger partial charge is 0.229 e. The van der Waals surface area contributed by atoms with Crippen LogP contribution in [0.15, 0.2) is 18.6 Å². The molecule has 0 amide bonds. The lowest BCUT2D eigenvalue weighted by molar-refractivity contribution is 0.0690. The summed E-state index contributed by atoms with van der Waals surface area (Å²) in [6.07, 6.45) is 8.49. The zero-order valence-corrected chi connectivity index (χ0v) is 19.8. The van der Waals surface area contributed by atoms with Crippen molar-refractivity contribution in [3.05, 3.63) is 23.6 Å². The van der Waals surface area contributed by atoms with Crippen LogP contribution in [0.4, 0.5) is 17.5 Å². The van der Waals surface area contributed by atoms with Crippen molar-refractivity contribution in [3.8, 4) is 0 Å². The van der Waals surface area contributed by atoms with Crippen LogP contribution in [0.25, 0.3) is 0 Å². The number of sulfonamides is 1. The normalized spacial score (nSPS) is 27.7. The molecule has 4 unspecified atom stereocenters. The Morgan fingerprint density at radius 2 is 1.88 bits per heavy atom. The molecule has 2 saturated heterocycles. The average Bonchev–Trinajstić information content (AvgIpc) is 3.54. The first kappa shape index (κ1) is 22.8. The summed E-state index contributed by atoms with van der Waals surface area (Å²) in [6, 6.07) is -0.630. The topological polar surface area (TPSA) is 132 Å². The van der Waals surface area contributed by atoms with Crippen LogP contribution in [0.5, 0.6) is 0 Å². The first-order valence-electron chi connectivity index (χ1n) is 11.1. The van der Waals surface area contributed by atoms with Gasteiger partial charge in [-0.25, -0.2) is 18.1 Å². The Morgan fingerprint density at radius 3 is 2.61 bits per heavy atom. The standard InChI is InChI=1S/C20H28ClN7O4S/c1-28-8-13(6-23-28)24-20-22-7-14(21)19(26-20)25-15-9-31-18-16(10-32-17(15)18)27-33(29,30)11-12-4-2-3-5-12/h6-8,12,15-18,27H,2-5,9-11H2,1H3,(H2,22,24,25,26). The maximum atomic E-state index is 12.7. The van der Waals surface area contributed by atoms with Crippen LogP contribution in [0.1, 0.15) is 25.7 Å². The molecule has 2 aromatic rings. The van der Waals surface area contributed by atoms with Crippen molar-refractivity contribution in [1.82, 2.24) is 24.5 Å². The number of halogens is 1. The number of aryl methyl sites for hydroxylation is 1. The third kappa shape index (κ3) is 5.24. The molecule has 4 heterocycles. The summed E-state index contributed by atoms with van der Waals surface area (Å²) in [5.74, 6) is 1.23. The molecule has 3 fully saturated rings. The van der Waals surface area contributed by atoms with Gasteiger partial charge in [0.25, 0.3) is 0 Å². The van der Waals surface area contributed by atoms with Crippen LogP contribution in [-0.2, 0) is 26.5 Å². The molecule has 0 bridgehead atoms. The van der Waals surface area contributed by atoms with Crippen molar-refractivity contribution in [2.75, 3.05) is 29.6 Å². The molecule has 0 radical (unpaired) electrons. The van der Waals surface area contributed by atoms with E-state index in [1.807, 2.05) is 7.05 Å². The van der Waals surface area contributed by atoms with Gasteiger partial charge >= 0.3 is 0 Å². The molecule has 4 atom stereocenters. The molecule has 180 valence electrons. The van der Waals surface area contributed by atoms with Crippen molar-refractivity contribution in [2.24, 2.45) is 13.0 Å². The SMILES string of the molecule is Cn1cc(Nc2ncc(Cl)c(NC3COC4C(NS(=O)(=O)CC5CCCC5)COC34)n2)cn1.